The van der Waals surface area contributed by atoms with Crippen LogP contribution in [0, 0.1) is 11.3 Å². The van der Waals surface area contributed by atoms with Crippen molar-refractivity contribution in [3.8, 4) is 0 Å². The van der Waals surface area contributed by atoms with Crippen molar-refractivity contribution in [2.24, 2.45) is 11.3 Å². The van der Waals surface area contributed by atoms with Gasteiger partial charge in [0.2, 0.25) is 11.8 Å². The normalized spacial score (nSPS) is 28.3. The van der Waals surface area contributed by atoms with Gasteiger partial charge in [0, 0.05) is 43.1 Å². The highest BCUT2D eigenvalue weighted by molar-refractivity contribution is 5.96. The molecule has 4 heteroatoms. The second-order valence-electron chi connectivity index (χ2n) is 7.48. The molecule has 2 saturated heterocycles. The van der Waals surface area contributed by atoms with E-state index < -0.39 is 0 Å². The summed E-state index contributed by atoms with van der Waals surface area (Å²) in [6, 6.07) is 9.90. The van der Waals surface area contributed by atoms with Crippen LogP contribution in [0.5, 0.6) is 0 Å². The van der Waals surface area contributed by atoms with Crippen molar-refractivity contribution in [2.75, 3.05) is 24.5 Å². The predicted octanol–water partition coefficient (Wildman–Crippen LogP) is 2.83. The zero-order valence-electron chi connectivity index (χ0n) is 13.5. The number of anilines is 1. The van der Waals surface area contributed by atoms with Crippen molar-refractivity contribution >= 4 is 17.5 Å². The quantitative estimate of drug-likeness (QED) is 0.842. The maximum atomic E-state index is 12.6. The van der Waals surface area contributed by atoms with E-state index in [1.54, 1.807) is 0 Å². The van der Waals surface area contributed by atoms with Gasteiger partial charge in [0.15, 0.2) is 0 Å². The summed E-state index contributed by atoms with van der Waals surface area (Å²) >= 11 is 0. The summed E-state index contributed by atoms with van der Waals surface area (Å²) in [5.74, 6) is 0.781. The van der Waals surface area contributed by atoms with E-state index in [-0.39, 0.29) is 17.2 Å². The molecule has 3 fully saturated rings. The molecule has 0 N–H and O–H groups in total. The van der Waals surface area contributed by atoms with Gasteiger partial charge in [0.1, 0.15) is 0 Å². The molecule has 2 heterocycles. The van der Waals surface area contributed by atoms with Crippen LogP contribution in [0.25, 0.3) is 0 Å². The molecule has 2 aliphatic heterocycles. The van der Waals surface area contributed by atoms with Gasteiger partial charge < -0.3 is 9.80 Å². The first-order valence-corrected chi connectivity index (χ1v) is 8.81. The Morgan fingerprint density at radius 3 is 2.57 bits per heavy atom. The summed E-state index contributed by atoms with van der Waals surface area (Å²) in [5.41, 5.74) is 0.955. The fourth-order valence-electron chi connectivity index (χ4n) is 4.57. The molecule has 0 bridgehead atoms. The van der Waals surface area contributed by atoms with Crippen molar-refractivity contribution in [1.82, 2.24) is 4.90 Å². The maximum absolute atomic E-state index is 12.6. The van der Waals surface area contributed by atoms with Gasteiger partial charge >= 0.3 is 0 Å². The third-order valence-electron chi connectivity index (χ3n) is 5.84. The van der Waals surface area contributed by atoms with Crippen LogP contribution < -0.4 is 4.90 Å². The zero-order valence-corrected chi connectivity index (χ0v) is 13.5. The molecule has 0 radical (unpaired) electrons. The van der Waals surface area contributed by atoms with Crippen LogP contribution in [0.1, 0.15) is 38.5 Å². The van der Waals surface area contributed by atoms with E-state index in [2.05, 4.69) is 0 Å². The van der Waals surface area contributed by atoms with Crippen molar-refractivity contribution in [2.45, 2.75) is 38.5 Å². The second-order valence-corrected chi connectivity index (χ2v) is 7.48. The molecule has 2 amide bonds. The Kier molecular flexibility index (Phi) is 3.63. The Morgan fingerprint density at radius 2 is 1.83 bits per heavy atom. The molecule has 4 nitrogen and oxygen atoms in total. The largest absolute Gasteiger partial charge is 0.342 e. The standard InChI is InChI=1S/C19H24N2O2/c22-17-12-19(14-21(17)16-8-2-1-3-9-16)10-11-20(13-19)18(23)15-6-4-5-7-15/h1-3,8-9,15H,4-7,10-14H2/t19-/m0/s1. The van der Waals surface area contributed by atoms with Crippen LogP contribution in [0.3, 0.4) is 0 Å². The van der Waals surface area contributed by atoms with E-state index in [1.165, 1.54) is 12.8 Å². The molecule has 4 rings (SSSR count). The summed E-state index contributed by atoms with van der Waals surface area (Å²) in [4.78, 5) is 29.1. The first kappa shape index (κ1) is 14.7. The van der Waals surface area contributed by atoms with E-state index in [0.717, 1.165) is 44.6 Å². The molecular weight excluding hydrogens is 288 g/mol. The molecule has 122 valence electrons. The van der Waals surface area contributed by atoms with Crippen molar-refractivity contribution in [3.05, 3.63) is 30.3 Å². The summed E-state index contributed by atoms with van der Waals surface area (Å²) in [6.45, 7) is 2.34. The Hall–Kier alpha value is -1.84. The molecule has 1 aromatic rings. The van der Waals surface area contributed by atoms with Gasteiger partial charge in [-0.2, -0.15) is 0 Å². The monoisotopic (exact) mass is 312 g/mol. The fraction of sp³-hybridized carbons (Fsp3) is 0.579. The lowest BCUT2D eigenvalue weighted by Gasteiger charge is -2.25. The van der Waals surface area contributed by atoms with E-state index in [1.807, 2.05) is 40.1 Å². The van der Waals surface area contributed by atoms with Gasteiger partial charge in [-0.3, -0.25) is 9.59 Å². The first-order chi connectivity index (χ1) is 11.2. The summed E-state index contributed by atoms with van der Waals surface area (Å²) < 4.78 is 0. The summed E-state index contributed by atoms with van der Waals surface area (Å²) in [6.07, 6.45) is 6.02. The van der Waals surface area contributed by atoms with Crippen LogP contribution in [-0.4, -0.2) is 36.3 Å². The molecule has 1 aromatic carbocycles. The zero-order chi connectivity index (χ0) is 15.9. The molecule has 1 spiro atoms. The molecule has 1 aliphatic carbocycles. The van der Waals surface area contributed by atoms with E-state index in [4.69, 9.17) is 0 Å². The van der Waals surface area contributed by atoms with Crippen LogP contribution in [-0.2, 0) is 9.59 Å². The van der Waals surface area contributed by atoms with E-state index in [0.29, 0.717) is 12.3 Å². The highest BCUT2D eigenvalue weighted by atomic mass is 16.2. The third-order valence-corrected chi connectivity index (χ3v) is 5.84. The number of likely N-dealkylation sites (tertiary alicyclic amines) is 1. The Morgan fingerprint density at radius 1 is 1.09 bits per heavy atom. The van der Waals surface area contributed by atoms with Gasteiger partial charge in [0.05, 0.1) is 0 Å². The average molecular weight is 312 g/mol. The molecule has 1 atom stereocenters. The molecular formula is C19H24N2O2. The minimum absolute atomic E-state index is 0.0266. The first-order valence-electron chi connectivity index (χ1n) is 8.81. The number of nitrogens with zero attached hydrogens (tertiary/aromatic N) is 2. The Balaban J connectivity index is 1.46. The van der Waals surface area contributed by atoms with Crippen molar-refractivity contribution in [3.63, 3.8) is 0 Å². The number of rotatable bonds is 2. The number of carbonyl (C=O) groups excluding carboxylic acids is 2. The lowest BCUT2D eigenvalue weighted by atomic mass is 9.86. The molecule has 0 aromatic heterocycles. The fourth-order valence-corrected chi connectivity index (χ4v) is 4.57. The Bertz CT molecular complexity index is 609. The van der Waals surface area contributed by atoms with E-state index >= 15 is 0 Å². The van der Waals surface area contributed by atoms with Crippen LogP contribution in [0.4, 0.5) is 5.69 Å². The SMILES string of the molecule is O=C(C1CCCC1)N1CC[C@]2(CC(=O)N(c3ccccc3)C2)C1. The van der Waals surface area contributed by atoms with Gasteiger partial charge in [-0.05, 0) is 31.4 Å². The minimum Gasteiger partial charge on any atom is -0.342 e. The highest BCUT2D eigenvalue weighted by Gasteiger charge is 2.49. The van der Waals surface area contributed by atoms with Crippen LogP contribution in [0.2, 0.25) is 0 Å². The predicted molar refractivity (Wildman–Crippen MR) is 89.0 cm³/mol. The van der Waals surface area contributed by atoms with Gasteiger partial charge in [0.25, 0.3) is 0 Å². The number of benzene rings is 1. The summed E-state index contributed by atoms with van der Waals surface area (Å²) in [5, 5.41) is 0. The Labute approximate surface area is 137 Å². The molecule has 23 heavy (non-hydrogen) atoms. The van der Waals surface area contributed by atoms with Crippen LogP contribution in [0.15, 0.2) is 30.3 Å². The van der Waals surface area contributed by atoms with Crippen molar-refractivity contribution in [1.29, 1.82) is 0 Å². The van der Waals surface area contributed by atoms with Crippen LogP contribution >= 0.6 is 0 Å². The maximum Gasteiger partial charge on any atom is 0.227 e. The lowest BCUT2D eigenvalue weighted by Crippen LogP contribution is -2.36. The van der Waals surface area contributed by atoms with Gasteiger partial charge in [-0.25, -0.2) is 0 Å². The third kappa shape index (κ3) is 2.64. The van der Waals surface area contributed by atoms with Crippen molar-refractivity contribution < 1.29 is 9.59 Å². The van der Waals surface area contributed by atoms with Gasteiger partial charge in [-0.1, -0.05) is 31.0 Å². The number of hydrogen-bond donors (Lipinski definition) is 0. The molecule has 0 unspecified atom stereocenters. The second kappa shape index (κ2) is 5.66. The minimum atomic E-state index is -0.0266. The molecule has 3 aliphatic rings. The highest BCUT2D eigenvalue weighted by Crippen LogP contribution is 2.42. The number of carbonyl (C=O) groups is 2. The van der Waals surface area contributed by atoms with E-state index in [9.17, 15) is 9.59 Å². The summed E-state index contributed by atoms with van der Waals surface area (Å²) in [7, 11) is 0. The topological polar surface area (TPSA) is 40.6 Å². The number of amides is 2. The molecule has 1 saturated carbocycles. The number of hydrogen-bond acceptors (Lipinski definition) is 2. The lowest BCUT2D eigenvalue weighted by molar-refractivity contribution is -0.134. The smallest absolute Gasteiger partial charge is 0.227 e. The average Bonchev–Trinajstić information content (AvgIpc) is 3.29. The van der Waals surface area contributed by atoms with Gasteiger partial charge in [-0.15, -0.1) is 0 Å². The number of para-hydroxylation sites is 1.